The van der Waals surface area contributed by atoms with Crippen molar-refractivity contribution in [2.45, 2.75) is 25.4 Å². The van der Waals surface area contributed by atoms with Gasteiger partial charge in [-0.1, -0.05) is 0 Å². The second kappa shape index (κ2) is 5.35. The third-order valence-electron chi connectivity index (χ3n) is 3.46. The molecule has 0 spiro atoms. The minimum Gasteiger partial charge on any atom is -0.468 e. The number of benzene rings is 1. The van der Waals surface area contributed by atoms with E-state index in [0.717, 1.165) is 12.1 Å². The van der Waals surface area contributed by atoms with Crippen LogP contribution in [0.15, 0.2) is 30.5 Å². The van der Waals surface area contributed by atoms with Crippen molar-refractivity contribution in [3.8, 4) is 17.0 Å². The van der Waals surface area contributed by atoms with Gasteiger partial charge in [-0.25, -0.2) is 22.5 Å². The van der Waals surface area contributed by atoms with E-state index >= 15 is 0 Å². The van der Waals surface area contributed by atoms with Crippen molar-refractivity contribution in [1.29, 1.82) is 0 Å². The lowest BCUT2D eigenvalue weighted by atomic mass is 9.95. The summed E-state index contributed by atoms with van der Waals surface area (Å²) in [5, 5.41) is 0. The summed E-state index contributed by atoms with van der Waals surface area (Å²) in [6, 6.07) is 4.82. The molecule has 0 radical (unpaired) electrons. The van der Waals surface area contributed by atoms with E-state index in [-0.39, 0.29) is 17.9 Å². The van der Waals surface area contributed by atoms with Crippen molar-refractivity contribution >= 4 is 0 Å². The van der Waals surface area contributed by atoms with Crippen molar-refractivity contribution in [3.05, 3.63) is 47.7 Å². The first-order valence-electron chi connectivity index (χ1n) is 6.44. The highest BCUT2D eigenvalue weighted by Gasteiger charge is 2.30. The maximum Gasteiger partial charge on any atom is 0.274 e. The van der Waals surface area contributed by atoms with E-state index in [1.54, 1.807) is 6.07 Å². The number of aromatic nitrogens is 1. The second-order valence-corrected chi connectivity index (χ2v) is 4.80. The van der Waals surface area contributed by atoms with Crippen LogP contribution >= 0.6 is 0 Å². The van der Waals surface area contributed by atoms with Gasteiger partial charge in [-0.3, -0.25) is 0 Å². The fourth-order valence-corrected chi connectivity index (χ4v) is 2.44. The Kier molecular flexibility index (Phi) is 3.53. The average molecular weight is 297 g/mol. The molecule has 0 saturated carbocycles. The van der Waals surface area contributed by atoms with Crippen molar-refractivity contribution in [3.63, 3.8) is 0 Å². The first-order valence-corrected chi connectivity index (χ1v) is 6.44. The van der Waals surface area contributed by atoms with Gasteiger partial charge in [0.1, 0.15) is 11.6 Å². The Labute approximate surface area is 118 Å². The Morgan fingerprint density at radius 3 is 2.67 bits per heavy atom. The molecule has 2 heterocycles. The van der Waals surface area contributed by atoms with E-state index in [1.807, 2.05) is 0 Å². The van der Waals surface area contributed by atoms with E-state index in [0.29, 0.717) is 17.5 Å². The maximum absolute atomic E-state index is 13.9. The average Bonchev–Trinajstić information content (AvgIpc) is 2.46. The monoisotopic (exact) mass is 297 g/mol. The van der Waals surface area contributed by atoms with Crippen LogP contribution < -0.4 is 4.74 Å². The van der Waals surface area contributed by atoms with Crippen LogP contribution in [0, 0.1) is 11.6 Å². The van der Waals surface area contributed by atoms with Crippen molar-refractivity contribution < 1.29 is 22.3 Å². The van der Waals surface area contributed by atoms with Gasteiger partial charge < -0.3 is 4.74 Å². The molecule has 6 heteroatoms. The van der Waals surface area contributed by atoms with Crippen LogP contribution in [0.5, 0.6) is 5.88 Å². The molecule has 2 nitrogen and oxygen atoms in total. The van der Waals surface area contributed by atoms with Gasteiger partial charge in [0, 0.05) is 23.4 Å². The minimum atomic E-state index is -2.59. The molecule has 3 rings (SSSR count). The number of halogens is 4. The molecular formula is C15H11F4NO. The van der Waals surface area contributed by atoms with E-state index in [1.165, 1.54) is 12.3 Å². The molecule has 0 N–H and O–H groups in total. The highest BCUT2D eigenvalue weighted by molar-refractivity contribution is 5.69. The summed E-state index contributed by atoms with van der Waals surface area (Å²) in [6.07, 6.45) is -1.98. The molecule has 21 heavy (non-hydrogen) atoms. The number of pyridine rings is 1. The predicted molar refractivity (Wildman–Crippen MR) is 68.3 cm³/mol. The van der Waals surface area contributed by atoms with Crippen LogP contribution in [-0.4, -0.2) is 17.5 Å². The Hall–Kier alpha value is -2.11. The summed E-state index contributed by atoms with van der Waals surface area (Å²) in [5.74, 6) is -1.29. The van der Waals surface area contributed by atoms with E-state index in [9.17, 15) is 17.6 Å². The quantitative estimate of drug-likeness (QED) is 0.782. The molecule has 1 atom stereocenters. The predicted octanol–water partition coefficient (Wildman–Crippen LogP) is 3.99. The zero-order valence-corrected chi connectivity index (χ0v) is 10.8. The van der Waals surface area contributed by atoms with E-state index in [2.05, 4.69) is 4.98 Å². The highest BCUT2D eigenvalue weighted by Crippen LogP contribution is 2.36. The van der Waals surface area contributed by atoms with Gasteiger partial charge in [0.2, 0.25) is 5.88 Å². The largest absolute Gasteiger partial charge is 0.468 e. The van der Waals surface area contributed by atoms with Crippen LogP contribution in [0.25, 0.3) is 11.1 Å². The van der Waals surface area contributed by atoms with Gasteiger partial charge in [0.05, 0.1) is 0 Å². The highest BCUT2D eigenvalue weighted by atomic mass is 19.3. The molecule has 0 fully saturated rings. The number of ether oxygens (including phenoxy) is 1. The molecule has 1 aliphatic heterocycles. The molecule has 0 bridgehead atoms. The number of alkyl halides is 2. The molecule has 0 unspecified atom stereocenters. The van der Waals surface area contributed by atoms with Crippen LogP contribution in [0.4, 0.5) is 17.6 Å². The van der Waals surface area contributed by atoms with Crippen molar-refractivity contribution in [2.24, 2.45) is 0 Å². The summed E-state index contributed by atoms with van der Waals surface area (Å²) < 4.78 is 57.4. The SMILES string of the molecule is Fc1ccc(-c2ccnc3c2CC[C@H](C(F)F)O3)c(F)c1. The smallest absolute Gasteiger partial charge is 0.274 e. The third-order valence-corrected chi connectivity index (χ3v) is 3.46. The molecular weight excluding hydrogens is 286 g/mol. The first kappa shape index (κ1) is 13.9. The fourth-order valence-electron chi connectivity index (χ4n) is 2.44. The lowest BCUT2D eigenvalue weighted by molar-refractivity contribution is -0.00207. The second-order valence-electron chi connectivity index (χ2n) is 4.80. The molecule has 0 saturated heterocycles. The number of nitrogens with zero attached hydrogens (tertiary/aromatic N) is 1. The van der Waals surface area contributed by atoms with Gasteiger partial charge in [0.15, 0.2) is 6.10 Å². The number of hydrogen-bond donors (Lipinski definition) is 0. The van der Waals surface area contributed by atoms with E-state index in [4.69, 9.17) is 4.74 Å². The molecule has 2 aromatic rings. The Morgan fingerprint density at radius 2 is 1.95 bits per heavy atom. The Morgan fingerprint density at radius 1 is 1.14 bits per heavy atom. The van der Waals surface area contributed by atoms with Crippen molar-refractivity contribution in [1.82, 2.24) is 4.98 Å². The maximum atomic E-state index is 13.9. The molecule has 1 aromatic carbocycles. The van der Waals surface area contributed by atoms with Gasteiger partial charge in [-0.15, -0.1) is 0 Å². The lowest BCUT2D eigenvalue weighted by Gasteiger charge is -2.26. The molecule has 1 aliphatic rings. The fraction of sp³-hybridized carbons (Fsp3) is 0.267. The van der Waals surface area contributed by atoms with Crippen LogP contribution in [0.3, 0.4) is 0 Å². The van der Waals surface area contributed by atoms with Gasteiger partial charge in [0.25, 0.3) is 6.43 Å². The number of rotatable bonds is 2. The molecule has 0 amide bonds. The van der Waals surface area contributed by atoms with Gasteiger partial charge in [-0.05, 0) is 36.6 Å². The summed E-state index contributed by atoms with van der Waals surface area (Å²) >= 11 is 0. The van der Waals surface area contributed by atoms with Gasteiger partial charge in [-0.2, -0.15) is 0 Å². The van der Waals surface area contributed by atoms with E-state index < -0.39 is 24.2 Å². The standard InChI is InChI=1S/C15H11F4NO/c16-8-1-2-10(12(17)7-8)9-5-6-20-15-11(9)3-4-13(21-15)14(18)19/h1-2,5-7,13-14H,3-4H2/t13-/m1/s1. The zero-order chi connectivity index (χ0) is 15.0. The van der Waals surface area contributed by atoms with Crippen molar-refractivity contribution in [2.75, 3.05) is 0 Å². The summed E-state index contributed by atoms with van der Waals surface area (Å²) in [7, 11) is 0. The summed E-state index contributed by atoms with van der Waals surface area (Å²) in [5.41, 5.74) is 1.26. The summed E-state index contributed by atoms with van der Waals surface area (Å²) in [4.78, 5) is 3.93. The Balaban J connectivity index is 2.04. The minimum absolute atomic E-state index is 0.0905. The normalized spacial score (nSPS) is 17.5. The molecule has 110 valence electrons. The first-order chi connectivity index (χ1) is 10.1. The summed E-state index contributed by atoms with van der Waals surface area (Å²) in [6.45, 7) is 0. The number of fused-ring (bicyclic) bond motifs is 1. The topological polar surface area (TPSA) is 22.1 Å². The third kappa shape index (κ3) is 2.57. The van der Waals surface area contributed by atoms with Crippen LogP contribution in [0.2, 0.25) is 0 Å². The molecule has 1 aromatic heterocycles. The number of hydrogen-bond acceptors (Lipinski definition) is 2. The lowest BCUT2D eigenvalue weighted by Crippen LogP contribution is -2.30. The van der Waals surface area contributed by atoms with Crippen LogP contribution in [0.1, 0.15) is 12.0 Å². The molecule has 0 aliphatic carbocycles. The Bertz CT molecular complexity index is 675. The zero-order valence-electron chi connectivity index (χ0n) is 10.8. The van der Waals surface area contributed by atoms with Gasteiger partial charge >= 0.3 is 0 Å². The van der Waals surface area contributed by atoms with Crippen LogP contribution in [-0.2, 0) is 6.42 Å².